The number of ether oxygens (including phenoxy) is 1. The molecule has 3 rings (SSSR count). The van der Waals surface area contributed by atoms with Crippen LogP contribution in [0.25, 0.3) is 11.1 Å². The third-order valence-corrected chi connectivity index (χ3v) is 5.00. The van der Waals surface area contributed by atoms with Crippen molar-refractivity contribution in [3.8, 4) is 11.1 Å². The maximum Gasteiger partial charge on any atom is 0.410 e. The average Bonchev–Trinajstić information content (AvgIpc) is 2.93. The van der Waals surface area contributed by atoms with E-state index in [2.05, 4.69) is 24.3 Å². The van der Waals surface area contributed by atoms with Crippen molar-refractivity contribution in [2.45, 2.75) is 45.2 Å². The number of carbonyl (C=O) groups is 2. The van der Waals surface area contributed by atoms with Gasteiger partial charge in [0.1, 0.15) is 12.6 Å². The van der Waals surface area contributed by atoms with Gasteiger partial charge in [0.2, 0.25) is 0 Å². The molecule has 0 aromatic heterocycles. The Labute approximate surface area is 159 Å². The van der Waals surface area contributed by atoms with Gasteiger partial charge in [0, 0.05) is 11.5 Å². The van der Waals surface area contributed by atoms with Crippen LogP contribution in [0.1, 0.15) is 44.7 Å². The van der Waals surface area contributed by atoms with Gasteiger partial charge in [-0.1, -0.05) is 48.5 Å². The minimum absolute atomic E-state index is 0.0525. The molecule has 5 heteroatoms. The Morgan fingerprint density at radius 2 is 1.52 bits per heavy atom. The Morgan fingerprint density at radius 3 is 1.96 bits per heavy atom. The molecule has 27 heavy (non-hydrogen) atoms. The van der Waals surface area contributed by atoms with E-state index in [4.69, 9.17) is 4.74 Å². The lowest BCUT2D eigenvalue weighted by molar-refractivity contribution is -0.143. The van der Waals surface area contributed by atoms with Gasteiger partial charge in [-0.25, -0.2) is 9.59 Å². The molecular weight excluding hydrogens is 342 g/mol. The summed E-state index contributed by atoms with van der Waals surface area (Å²) in [6, 6.07) is 15.2. The van der Waals surface area contributed by atoms with Crippen LogP contribution in [0.4, 0.5) is 4.79 Å². The summed E-state index contributed by atoms with van der Waals surface area (Å²) in [5.41, 5.74) is 3.89. The minimum Gasteiger partial charge on any atom is -0.480 e. The van der Waals surface area contributed by atoms with Crippen LogP contribution in [0.2, 0.25) is 0 Å². The molecule has 0 spiro atoms. The maximum absolute atomic E-state index is 12.8. The fourth-order valence-corrected chi connectivity index (χ4v) is 3.79. The van der Waals surface area contributed by atoms with Crippen LogP contribution in [0, 0.1) is 0 Å². The van der Waals surface area contributed by atoms with E-state index in [1.807, 2.05) is 24.3 Å². The third kappa shape index (κ3) is 3.54. The van der Waals surface area contributed by atoms with Gasteiger partial charge in [0.05, 0.1) is 0 Å². The van der Waals surface area contributed by atoms with E-state index in [0.717, 1.165) is 22.3 Å². The minimum atomic E-state index is -1.06. The third-order valence-electron chi connectivity index (χ3n) is 5.00. The number of benzene rings is 2. The smallest absolute Gasteiger partial charge is 0.410 e. The van der Waals surface area contributed by atoms with Gasteiger partial charge >= 0.3 is 12.1 Å². The van der Waals surface area contributed by atoms with Gasteiger partial charge in [-0.15, -0.1) is 0 Å². The lowest BCUT2D eigenvalue weighted by atomic mass is 9.98. The molecule has 0 aliphatic heterocycles. The second-order valence-corrected chi connectivity index (χ2v) is 7.86. The first-order chi connectivity index (χ1) is 12.7. The van der Waals surface area contributed by atoms with Crippen molar-refractivity contribution in [3.63, 3.8) is 0 Å². The first-order valence-corrected chi connectivity index (χ1v) is 9.09. The zero-order valence-electron chi connectivity index (χ0n) is 16.1. The number of carbonyl (C=O) groups excluding carboxylic acids is 1. The van der Waals surface area contributed by atoms with Crippen molar-refractivity contribution < 1.29 is 19.4 Å². The topological polar surface area (TPSA) is 66.8 Å². The highest BCUT2D eigenvalue weighted by Crippen LogP contribution is 2.44. The fourth-order valence-electron chi connectivity index (χ4n) is 3.79. The number of amides is 1. The Morgan fingerprint density at radius 1 is 1.04 bits per heavy atom. The second-order valence-electron chi connectivity index (χ2n) is 7.86. The van der Waals surface area contributed by atoms with Crippen molar-refractivity contribution in [3.05, 3.63) is 59.7 Å². The SMILES string of the molecule is C[C@H](C(=O)O)N(C(=O)OCC1c2ccccc2-c2ccccc21)C(C)(C)C. The summed E-state index contributed by atoms with van der Waals surface area (Å²) < 4.78 is 5.62. The number of fused-ring (bicyclic) bond motifs is 3. The molecule has 1 amide bonds. The predicted octanol–water partition coefficient (Wildman–Crippen LogP) is 4.51. The maximum atomic E-state index is 12.8. The zero-order valence-corrected chi connectivity index (χ0v) is 16.1. The molecule has 2 aromatic carbocycles. The quantitative estimate of drug-likeness (QED) is 0.863. The lowest BCUT2D eigenvalue weighted by Gasteiger charge is -2.37. The number of hydrogen-bond donors (Lipinski definition) is 1. The molecule has 0 heterocycles. The Bertz CT molecular complexity index is 823. The number of nitrogens with zero attached hydrogens (tertiary/aromatic N) is 1. The summed E-state index contributed by atoms with van der Waals surface area (Å²) in [4.78, 5) is 25.5. The van der Waals surface area contributed by atoms with Crippen molar-refractivity contribution in [2.75, 3.05) is 6.61 Å². The Hall–Kier alpha value is -2.82. The Balaban J connectivity index is 1.84. The molecule has 142 valence electrons. The van der Waals surface area contributed by atoms with Crippen molar-refractivity contribution in [1.29, 1.82) is 0 Å². The van der Waals surface area contributed by atoms with Gasteiger partial charge in [0.25, 0.3) is 0 Å². The van der Waals surface area contributed by atoms with Crippen molar-refractivity contribution >= 4 is 12.1 Å². The van der Waals surface area contributed by atoms with Crippen molar-refractivity contribution in [1.82, 2.24) is 4.90 Å². The van der Waals surface area contributed by atoms with Crippen LogP contribution >= 0.6 is 0 Å². The van der Waals surface area contributed by atoms with Crippen LogP contribution in [0.5, 0.6) is 0 Å². The normalized spacial score (nSPS) is 14.2. The van der Waals surface area contributed by atoms with E-state index in [-0.39, 0.29) is 12.5 Å². The van der Waals surface area contributed by atoms with Gasteiger partial charge < -0.3 is 9.84 Å². The highest BCUT2D eigenvalue weighted by atomic mass is 16.6. The Kier molecular flexibility index (Phi) is 4.96. The van der Waals surface area contributed by atoms with E-state index < -0.39 is 23.6 Å². The number of rotatable bonds is 4. The molecule has 1 N–H and O–H groups in total. The highest BCUT2D eigenvalue weighted by Gasteiger charge is 2.37. The largest absolute Gasteiger partial charge is 0.480 e. The standard InChI is InChI=1S/C22H25NO4/c1-14(20(24)25)23(22(2,3)4)21(26)27-13-19-17-11-7-5-9-15(17)16-10-6-8-12-18(16)19/h5-12,14,19H,13H2,1-4H3,(H,24,25)/t14-/m1/s1. The average molecular weight is 367 g/mol. The van der Waals surface area contributed by atoms with Gasteiger partial charge in [0.15, 0.2) is 0 Å². The summed E-state index contributed by atoms with van der Waals surface area (Å²) in [5.74, 6) is -1.11. The first kappa shape index (κ1) is 19.0. The first-order valence-electron chi connectivity index (χ1n) is 9.09. The van der Waals surface area contributed by atoms with E-state index in [1.165, 1.54) is 11.8 Å². The molecule has 1 aliphatic carbocycles. The second kappa shape index (κ2) is 7.06. The van der Waals surface area contributed by atoms with Crippen LogP contribution in [0.15, 0.2) is 48.5 Å². The molecule has 0 saturated carbocycles. The highest BCUT2D eigenvalue weighted by molar-refractivity contribution is 5.81. The molecule has 5 nitrogen and oxygen atoms in total. The number of carboxylic acids is 1. The number of aliphatic carboxylic acids is 1. The zero-order chi connectivity index (χ0) is 19.8. The van der Waals surface area contributed by atoms with Crippen LogP contribution < -0.4 is 0 Å². The van der Waals surface area contributed by atoms with Gasteiger partial charge in [-0.05, 0) is 49.9 Å². The molecule has 0 bridgehead atoms. The fraction of sp³-hybridized carbons (Fsp3) is 0.364. The van der Waals surface area contributed by atoms with E-state index in [0.29, 0.717) is 0 Å². The predicted molar refractivity (Wildman–Crippen MR) is 104 cm³/mol. The molecule has 1 atom stereocenters. The van der Waals surface area contributed by atoms with E-state index in [9.17, 15) is 14.7 Å². The summed E-state index contributed by atoms with van der Waals surface area (Å²) in [6.45, 7) is 7.07. The van der Waals surface area contributed by atoms with Crippen LogP contribution in [-0.4, -0.2) is 40.3 Å². The molecule has 0 fully saturated rings. The molecule has 0 radical (unpaired) electrons. The van der Waals surface area contributed by atoms with Crippen molar-refractivity contribution in [2.24, 2.45) is 0 Å². The van der Waals surface area contributed by atoms with Gasteiger partial charge in [-0.3, -0.25) is 4.90 Å². The van der Waals surface area contributed by atoms with E-state index >= 15 is 0 Å². The van der Waals surface area contributed by atoms with Gasteiger partial charge in [-0.2, -0.15) is 0 Å². The number of hydrogen-bond acceptors (Lipinski definition) is 3. The summed E-state index contributed by atoms with van der Waals surface area (Å²) >= 11 is 0. The number of carboxylic acid groups (broad SMARTS) is 1. The lowest BCUT2D eigenvalue weighted by Crippen LogP contribution is -2.53. The van der Waals surface area contributed by atoms with Crippen LogP contribution in [0.3, 0.4) is 0 Å². The summed E-state index contributed by atoms with van der Waals surface area (Å²) in [7, 11) is 0. The molecule has 0 unspecified atom stereocenters. The molecular formula is C22H25NO4. The van der Waals surface area contributed by atoms with Crippen LogP contribution in [-0.2, 0) is 9.53 Å². The molecule has 0 saturated heterocycles. The molecule has 2 aromatic rings. The summed E-state index contributed by atoms with van der Waals surface area (Å²) in [6.07, 6.45) is -0.612. The molecule has 1 aliphatic rings. The summed E-state index contributed by atoms with van der Waals surface area (Å²) in [5, 5.41) is 9.36. The van der Waals surface area contributed by atoms with E-state index in [1.54, 1.807) is 20.8 Å². The monoisotopic (exact) mass is 367 g/mol.